The molecule has 1 amide bonds. The molecule has 0 spiro atoms. The number of amides is 1. The summed E-state index contributed by atoms with van der Waals surface area (Å²) in [6.07, 6.45) is 2.16. The first-order valence-corrected chi connectivity index (χ1v) is 8.47. The SMILES string of the molecule is O=C(Cn1cnc2cc(F)ccc2c1=O)N1CCc2sccc2C1. The maximum absolute atomic E-state index is 13.2. The molecule has 0 N–H and O–H groups in total. The van der Waals surface area contributed by atoms with Crippen LogP contribution in [0.1, 0.15) is 10.4 Å². The van der Waals surface area contributed by atoms with E-state index in [0.717, 1.165) is 6.42 Å². The molecule has 1 aliphatic heterocycles. The molecule has 3 aromatic rings. The van der Waals surface area contributed by atoms with Crippen LogP contribution in [0.5, 0.6) is 0 Å². The van der Waals surface area contributed by atoms with E-state index >= 15 is 0 Å². The van der Waals surface area contributed by atoms with Crippen molar-refractivity contribution in [1.82, 2.24) is 14.5 Å². The zero-order valence-corrected chi connectivity index (χ0v) is 13.6. The van der Waals surface area contributed by atoms with E-state index < -0.39 is 5.82 Å². The number of benzene rings is 1. The highest BCUT2D eigenvalue weighted by atomic mass is 32.1. The molecule has 0 saturated heterocycles. The van der Waals surface area contributed by atoms with Gasteiger partial charge in [0.05, 0.1) is 17.2 Å². The van der Waals surface area contributed by atoms with Crippen LogP contribution in [0.15, 0.2) is 40.8 Å². The van der Waals surface area contributed by atoms with Gasteiger partial charge in [0, 0.05) is 24.0 Å². The Bertz CT molecular complexity index is 995. The van der Waals surface area contributed by atoms with E-state index in [1.807, 2.05) is 11.4 Å². The van der Waals surface area contributed by atoms with Gasteiger partial charge in [-0.15, -0.1) is 11.3 Å². The Labute approximate surface area is 141 Å². The topological polar surface area (TPSA) is 55.2 Å². The van der Waals surface area contributed by atoms with Gasteiger partial charge in [-0.05, 0) is 35.6 Å². The summed E-state index contributed by atoms with van der Waals surface area (Å²) in [5.41, 5.74) is 1.14. The Kier molecular flexibility index (Phi) is 3.65. The third-order valence-corrected chi connectivity index (χ3v) is 5.28. The number of thiophene rings is 1. The quantitative estimate of drug-likeness (QED) is 0.717. The van der Waals surface area contributed by atoms with Crippen molar-refractivity contribution in [3.8, 4) is 0 Å². The maximum atomic E-state index is 13.2. The first-order chi connectivity index (χ1) is 11.6. The minimum absolute atomic E-state index is 0.0569. The van der Waals surface area contributed by atoms with Crippen molar-refractivity contribution in [2.75, 3.05) is 6.54 Å². The van der Waals surface area contributed by atoms with Crippen LogP contribution in [0.2, 0.25) is 0 Å². The molecule has 1 aliphatic rings. The van der Waals surface area contributed by atoms with Crippen molar-refractivity contribution in [2.24, 2.45) is 0 Å². The lowest BCUT2D eigenvalue weighted by Crippen LogP contribution is -2.39. The largest absolute Gasteiger partial charge is 0.336 e. The van der Waals surface area contributed by atoms with Crippen molar-refractivity contribution < 1.29 is 9.18 Å². The fourth-order valence-electron chi connectivity index (χ4n) is 2.95. The highest BCUT2D eigenvalue weighted by molar-refractivity contribution is 7.10. The molecule has 2 aromatic heterocycles. The fraction of sp³-hybridized carbons (Fsp3) is 0.235. The Morgan fingerprint density at radius 3 is 3.08 bits per heavy atom. The Morgan fingerprint density at radius 1 is 1.33 bits per heavy atom. The number of hydrogen-bond donors (Lipinski definition) is 0. The van der Waals surface area contributed by atoms with Crippen molar-refractivity contribution in [3.63, 3.8) is 0 Å². The summed E-state index contributed by atoms with van der Waals surface area (Å²) in [4.78, 5) is 32.1. The Morgan fingerprint density at radius 2 is 2.21 bits per heavy atom. The average Bonchev–Trinajstić information content (AvgIpc) is 3.05. The molecular formula is C17H14FN3O2S. The number of halogens is 1. The standard InChI is InChI=1S/C17H14FN3O2S/c18-12-1-2-13-14(7-12)19-10-21(17(13)23)9-16(22)20-5-3-15-11(8-20)4-6-24-15/h1-2,4,6-7,10H,3,5,8-9H2. The molecule has 24 heavy (non-hydrogen) atoms. The van der Waals surface area contributed by atoms with Crippen molar-refractivity contribution in [3.05, 3.63) is 62.6 Å². The molecule has 0 saturated carbocycles. The van der Waals surface area contributed by atoms with E-state index in [2.05, 4.69) is 4.98 Å². The number of rotatable bonds is 2. The highest BCUT2D eigenvalue weighted by Crippen LogP contribution is 2.24. The van der Waals surface area contributed by atoms with E-state index in [1.165, 1.54) is 39.5 Å². The third-order valence-electron chi connectivity index (χ3n) is 4.25. The van der Waals surface area contributed by atoms with Gasteiger partial charge in [-0.3, -0.25) is 14.2 Å². The van der Waals surface area contributed by atoms with Crippen molar-refractivity contribution >= 4 is 28.1 Å². The number of aromatic nitrogens is 2. The molecule has 7 heteroatoms. The van der Waals surface area contributed by atoms with Gasteiger partial charge in [0.2, 0.25) is 5.91 Å². The van der Waals surface area contributed by atoms with Gasteiger partial charge in [0.15, 0.2) is 0 Å². The summed E-state index contributed by atoms with van der Waals surface area (Å²) < 4.78 is 14.5. The van der Waals surface area contributed by atoms with Crippen LogP contribution in [-0.2, 0) is 24.3 Å². The van der Waals surface area contributed by atoms with Gasteiger partial charge < -0.3 is 4.90 Å². The summed E-state index contributed by atoms with van der Waals surface area (Å²) in [6.45, 7) is 1.19. The van der Waals surface area contributed by atoms with Crippen LogP contribution in [0.4, 0.5) is 4.39 Å². The molecule has 3 heterocycles. The number of hydrogen-bond acceptors (Lipinski definition) is 4. The number of fused-ring (bicyclic) bond motifs is 2. The molecule has 122 valence electrons. The third kappa shape index (κ3) is 2.60. The predicted octanol–water partition coefficient (Wildman–Crippen LogP) is 2.18. The molecule has 0 bridgehead atoms. The zero-order chi connectivity index (χ0) is 16.7. The van der Waals surface area contributed by atoms with Crippen LogP contribution < -0.4 is 5.56 Å². The molecular weight excluding hydrogens is 329 g/mol. The highest BCUT2D eigenvalue weighted by Gasteiger charge is 2.22. The maximum Gasteiger partial charge on any atom is 0.261 e. The second-order valence-corrected chi connectivity index (χ2v) is 6.77. The van der Waals surface area contributed by atoms with Gasteiger partial charge in [0.25, 0.3) is 5.56 Å². The summed E-state index contributed by atoms with van der Waals surface area (Å²) in [7, 11) is 0. The van der Waals surface area contributed by atoms with Crippen LogP contribution in [0.25, 0.3) is 10.9 Å². The van der Waals surface area contributed by atoms with Gasteiger partial charge in [-0.1, -0.05) is 0 Å². The molecule has 4 rings (SSSR count). The minimum atomic E-state index is -0.442. The van der Waals surface area contributed by atoms with Crippen LogP contribution in [-0.4, -0.2) is 26.9 Å². The Hall–Kier alpha value is -2.54. The monoisotopic (exact) mass is 343 g/mol. The molecule has 5 nitrogen and oxygen atoms in total. The summed E-state index contributed by atoms with van der Waals surface area (Å²) in [6, 6.07) is 5.88. The second-order valence-electron chi connectivity index (χ2n) is 5.77. The van der Waals surface area contributed by atoms with E-state index in [1.54, 1.807) is 16.2 Å². The first-order valence-electron chi connectivity index (χ1n) is 7.59. The summed E-state index contributed by atoms with van der Waals surface area (Å²) >= 11 is 1.71. The first kappa shape index (κ1) is 15.0. The molecule has 1 aromatic carbocycles. The van der Waals surface area contributed by atoms with Gasteiger partial charge >= 0.3 is 0 Å². The summed E-state index contributed by atoms with van der Waals surface area (Å²) in [5, 5.41) is 2.35. The van der Waals surface area contributed by atoms with Gasteiger partial charge in [-0.2, -0.15) is 0 Å². The molecule has 0 atom stereocenters. The average molecular weight is 343 g/mol. The number of nitrogens with zero attached hydrogens (tertiary/aromatic N) is 3. The smallest absolute Gasteiger partial charge is 0.261 e. The van der Waals surface area contributed by atoms with Crippen LogP contribution in [0, 0.1) is 5.82 Å². The lowest BCUT2D eigenvalue weighted by molar-refractivity contribution is -0.132. The predicted molar refractivity (Wildman–Crippen MR) is 89.4 cm³/mol. The minimum Gasteiger partial charge on any atom is -0.336 e. The fourth-order valence-corrected chi connectivity index (χ4v) is 3.84. The van der Waals surface area contributed by atoms with E-state index in [4.69, 9.17) is 0 Å². The van der Waals surface area contributed by atoms with Gasteiger partial charge in [0.1, 0.15) is 12.4 Å². The normalized spacial score (nSPS) is 14.0. The summed E-state index contributed by atoms with van der Waals surface area (Å²) in [5.74, 6) is -0.555. The van der Waals surface area contributed by atoms with Crippen molar-refractivity contribution in [1.29, 1.82) is 0 Å². The van der Waals surface area contributed by atoms with Gasteiger partial charge in [-0.25, -0.2) is 9.37 Å². The van der Waals surface area contributed by atoms with Crippen LogP contribution >= 0.6 is 11.3 Å². The van der Waals surface area contributed by atoms with Crippen LogP contribution in [0.3, 0.4) is 0 Å². The van der Waals surface area contributed by atoms with Crippen molar-refractivity contribution in [2.45, 2.75) is 19.5 Å². The van der Waals surface area contributed by atoms with E-state index in [9.17, 15) is 14.0 Å². The molecule has 0 fully saturated rings. The zero-order valence-electron chi connectivity index (χ0n) is 12.7. The number of carbonyl (C=O) groups excluding carboxylic acids is 1. The van der Waals surface area contributed by atoms with E-state index in [-0.39, 0.29) is 18.0 Å². The Balaban J connectivity index is 1.58. The molecule has 0 unspecified atom stereocenters. The second kappa shape index (κ2) is 5.83. The number of carbonyl (C=O) groups is 1. The molecule has 0 radical (unpaired) electrons. The van der Waals surface area contributed by atoms with E-state index in [0.29, 0.717) is 24.0 Å². The lowest BCUT2D eigenvalue weighted by atomic mass is 10.1. The lowest BCUT2D eigenvalue weighted by Gasteiger charge is -2.27. The molecule has 0 aliphatic carbocycles.